The summed E-state index contributed by atoms with van der Waals surface area (Å²) in [6.45, 7) is 0.976. The second-order valence-electron chi connectivity index (χ2n) is 4.40. The van der Waals surface area contributed by atoms with Crippen LogP contribution in [0.15, 0.2) is 24.7 Å². The zero-order valence-corrected chi connectivity index (χ0v) is 10.4. The molecule has 9 heteroatoms. The van der Waals surface area contributed by atoms with Crippen molar-refractivity contribution in [2.45, 2.75) is 6.04 Å². The van der Waals surface area contributed by atoms with Gasteiger partial charge in [0.2, 0.25) is 0 Å². The maximum absolute atomic E-state index is 12.2. The van der Waals surface area contributed by atoms with Gasteiger partial charge in [-0.3, -0.25) is 4.79 Å². The van der Waals surface area contributed by atoms with Gasteiger partial charge in [0.1, 0.15) is 11.4 Å². The number of nitrogens with one attached hydrogen (secondary N) is 1. The highest BCUT2D eigenvalue weighted by Gasteiger charge is 2.23. The summed E-state index contributed by atoms with van der Waals surface area (Å²) >= 11 is 0. The molecular weight excluding hydrogens is 265 g/mol. The second kappa shape index (κ2) is 5.12. The molecule has 3 N–H and O–H groups in total. The maximum atomic E-state index is 12.2. The summed E-state index contributed by atoms with van der Waals surface area (Å²) in [6.07, 6.45) is 4.68. The Morgan fingerprint density at radius 2 is 2.35 bits per heavy atom. The smallest absolute Gasteiger partial charge is 0.511 e. The summed E-state index contributed by atoms with van der Waals surface area (Å²) in [5, 5.41) is 20.5. The molecule has 0 atom stereocenters. The van der Waals surface area contributed by atoms with Crippen LogP contribution >= 0.6 is 0 Å². The van der Waals surface area contributed by atoms with E-state index in [-0.39, 0.29) is 17.7 Å². The first kappa shape index (κ1) is 12.9. The molecule has 1 fully saturated rings. The third kappa shape index (κ3) is 2.46. The number of hydrogen-bond donors (Lipinski definition) is 3. The normalized spacial score (nSPS) is 14.9. The zero-order chi connectivity index (χ0) is 14.1. The fourth-order valence-corrected chi connectivity index (χ4v) is 1.94. The molecule has 3 heterocycles. The molecule has 1 aliphatic heterocycles. The number of carbonyl (C=O) groups excluding carboxylic acids is 1. The molecule has 0 bridgehead atoms. The number of hydrogen-bond acceptors (Lipinski definition) is 6. The Labute approximate surface area is 114 Å². The van der Waals surface area contributed by atoms with Crippen LogP contribution in [0.25, 0.3) is 5.65 Å². The van der Waals surface area contributed by atoms with Crippen molar-refractivity contribution in [2.24, 2.45) is 0 Å². The number of aromatic nitrogens is 2. The molecule has 0 saturated carbocycles. The number of ether oxygens (including phenoxy) is 1. The maximum Gasteiger partial charge on any atom is 0.707 e. The largest absolute Gasteiger partial charge is 0.707 e. The van der Waals surface area contributed by atoms with Gasteiger partial charge in [0, 0.05) is 12.4 Å². The van der Waals surface area contributed by atoms with Gasteiger partial charge in [-0.1, -0.05) is 0 Å². The molecule has 3 rings (SSSR count). The van der Waals surface area contributed by atoms with Crippen LogP contribution in [0.4, 0.5) is 0 Å². The number of rotatable bonds is 4. The lowest BCUT2D eigenvalue weighted by molar-refractivity contribution is -0.00344. The molecule has 2 aromatic heterocycles. The topological polar surface area (TPSA) is 105 Å². The number of carbonyl (C=O) groups is 1. The number of pyridine rings is 1. The molecule has 0 aromatic carbocycles. The van der Waals surface area contributed by atoms with E-state index in [1.807, 2.05) is 0 Å². The number of nitrogens with zero attached hydrogens (tertiary/aromatic N) is 2. The highest BCUT2D eigenvalue weighted by Crippen LogP contribution is 2.19. The number of imidazole rings is 1. The van der Waals surface area contributed by atoms with Crippen LogP contribution < -0.4 is 9.97 Å². The van der Waals surface area contributed by atoms with Crippen molar-refractivity contribution in [3.05, 3.63) is 30.2 Å². The van der Waals surface area contributed by atoms with Crippen molar-refractivity contribution in [3.63, 3.8) is 0 Å². The molecule has 2 aromatic rings. The average molecular weight is 277 g/mol. The van der Waals surface area contributed by atoms with Gasteiger partial charge in [-0.25, -0.2) is 4.98 Å². The van der Waals surface area contributed by atoms with E-state index in [2.05, 4.69) is 10.3 Å². The van der Waals surface area contributed by atoms with Crippen LogP contribution in [0.2, 0.25) is 0 Å². The average Bonchev–Trinajstić information content (AvgIpc) is 2.79. The number of amides is 1. The highest BCUT2D eigenvalue weighted by molar-refractivity contribution is 6.33. The summed E-state index contributed by atoms with van der Waals surface area (Å²) < 4.78 is 11.4. The molecule has 8 nitrogen and oxygen atoms in total. The number of fused-ring (bicyclic) bond motifs is 1. The van der Waals surface area contributed by atoms with Crippen molar-refractivity contribution >= 4 is 18.9 Å². The molecule has 0 aliphatic carbocycles. The lowest BCUT2D eigenvalue weighted by Gasteiger charge is -2.26. The lowest BCUT2D eigenvalue weighted by atomic mass is 10.2. The summed E-state index contributed by atoms with van der Waals surface area (Å²) in [4.78, 5) is 16.3. The molecule has 1 saturated heterocycles. The summed E-state index contributed by atoms with van der Waals surface area (Å²) in [7, 11) is -1.95. The van der Waals surface area contributed by atoms with E-state index in [1.54, 1.807) is 10.6 Å². The Morgan fingerprint density at radius 3 is 3.00 bits per heavy atom. The summed E-state index contributed by atoms with van der Waals surface area (Å²) in [5.74, 6) is -0.159. The first-order valence-corrected chi connectivity index (χ1v) is 6.01. The van der Waals surface area contributed by atoms with Crippen LogP contribution in [-0.2, 0) is 4.74 Å². The fourth-order valence-electron chi connectivity index (χ4n) is 1.94. The first-order valence-electron chi connectivity index (χ1n) is 6.01. The SMILES string of the molecule is O=C(NC1COC1)c1cc(OB(O)O)cn2ccnc12. The molecule has 104 valence electrons. The van der Waals surface area contributed by atoms with Crippen LogP contribution in [0.1, 0.15) is 10.4 Å². The van der Waals surface area contributed by atoms with Crippen LogP contribution in [0.3, 0.4) is 0 Å². The van der Waals surface area contributed by atoms with E-state index < -0.39 is 7.32 Å². The second-order valence-corrected chi connectivity index (χ2v) is 4.40. The third-order valence-corrected chi connectivity index (χ3v) is 2.92. The van der Waals surface area contributed by atoms with Gasteiger partial charge in [-0.15, -0.1) is 0 Å². The van der Waals surface area contributed by atoms with Gasteiger partial charge >= 0.3 is 7.32 Å². The van der Waals surface area contributed by atoms with E-state index in [1.165, 1.54) is 18.5 Å². The van der Waals surface area contributed by atoms with Gasteiger partial charge in [0.25, 0.3) is 5.91 Å². The van der Waals surface area contributed by atoms with Crippen LogP contribution in [0.5, 0.6) is 5.75 Å². The van der Waals surface area contributed by atoms with Crippen LogP contribution in [-0.4, -0.2) is 51.9 Å². The van der Waals surface area contributed by atoms with Gasteiger partial charge in [-0.2, -0.15) is 0 Å². The fraction of sp³-hybridized carbons (Fsp3) is 0.273. The molecule has 1 aliphatic rings. The van der Waals surface area contributed by atoms with Crippen molar-refractivity contribution in [1.29, 1.82) is 0 Å². The Balaban J connectivity index is 1.93. The highest BCUT2D eigenvalue weighted by atomic mass is 16.6. The predicted molar refractivity (Wildman–Crippen MR) is 68.1 cm³/mol. The zero-order valence-electron chi connectivity index (χ0n) is 10.4. The molecule has 1 amide bonds. The van der Waals surface area contributed by atoms with Crippen molar-refractivity contribution in [1.82, 2.24) is 14.7 Å². The van der Waals surface area contributed by atoms with E-state index in [0.717, 1.165) is 0 Å². The molecule has 0 spiro atoms. The first-order chi connectivity index (χ1) is 9.63. The molecule has 20 heavy (non-hydrogen) atoms. The van der Waals surface area contributed by atoms with Gasteiger partial charge in [0.15, 0.2) is 0 Å². The van der Waals surface area contributed by atoms with Gasteiger partial charge in [0.05, 0.1) is 31.0 Å². The predicted octanol–water partition coefficient (Wildman–Crippen LogP) is -1.19. The Morgan fingerprint density at radius 1 is 1.55 bits per heavy atom. The third-order valence-electron chi connectivity index (χ3n) is 2.92. The van der Waals surface area contributed by atoms with E-state index in [4.69, 9.17) is 19.4 Å². The standard InChI is InChI=1S/C11H12BN3O5/c16-11(14-7-5-19-6-7)9-3-8(20-12(17)18)4-15-2-1-13-10(9)15/h1-4,7,17-18H,5-6H2,(H,14,16). The van der Waals surface area contributed by atoms with Crippen molar-refractivity contribution in [3.8, 4) is 5.75 Å². The van der Waals surface area contributed by atoms with E-state index in [0.29, 0.717) is 24.4 Å². The van der Waals surface area contributed by atoms with E-state index in [9.17, 15) is 4.79 Å². The van der Waals surface area contributed by atoms with E-state index >= 15 is 0 Å². The van der Waals surface area contributed by atoms with Crippen LogP contribution in [0, 0.1) is 0 Å². The van der Waals surface area contributed by atoms with Gasteiger partial charge in [-0.05, 0) is 6.07 Å². The minimum absolute atomic E-state index is 0.00878. The quantitative estimate of drug-likeness (QED) is 0.607. The molecule has 0 unspecified atom stereocenters. The van der Waals surface area contributed by atoms with Crippen molar-refractivity contribution in [2.75, 3.05) is 13.2 Å². The summed E-state index contributed by atoms with van der Waals surface area (Å²) in [5.41, 5.74) is 0.752. The minimum Gasteiger partial charge on any atom is -0.511 e. The Bertz CT molecular complexity index is 640. The molecule has 0 radical (unpaired) electrons. The molecular formula is C11H12BN3O5. The van der Waals surface area contributed by atoms with Crippen molar-refractivity contribution < 1.29 is 24.2 Å². The van der Waals surface area contributed by atoms with Gasteiger partial charge < -0.3 is 29.2 Å². The lowest BCUT2D eigenvalue weighted by Crippen LogP contribution is -2.48. The monoisotopic (exact) mass is 277 g/mol. The minimum atomic E-state index is -1.95. The Hall–Kier alpha value is -2.10. The summed E-state index contributed by atoms with van der Waals surface area (Å²) in [6, 6.07) is 1.40. The Kier molecular flexibility index (Phi) is 3.31.